The van der Waals surface area contributed by atoms with E-state index in [1.165, 1.54) is 0 Å². The van der Waals surface area contributed by atoms with Gasteiger partial charge < -0.3 is 15.4 Å². The molecule has 0 spiro atoms. The van der Waals surface area contributed by atoms with E-state index in [4.69, 9.17) is 5.73 Å². The van der Waals surface area contributed by atoms with E-state index in [0.29, 0.717) is 6.54 Å². The summed E-state index contributed by atoms with van der Waals surface area (Å²) in [6.07, 6.45) is 5.66. The fraction of sp³-hybridized carbons (Fsp3) is 0.0769. The largest absolute Gasteiger partial charge is 0.402 e. The molecule has 5 nitrogen and oxygen atoms in total. The average molecular weight is 250 g/mol. The third kappa shape index (κ3) is 2.43. The summed E-state index contributed by atoms with van der Waals surface area (Å²) in [5.74, 6) is 1.72. The van der Waals surface area contributed by atoms with Crippen LogP contribution in [0.15, 0.2) is 55.0 Å². The predicted molar refractivity (Wildman–Crippen MR) is 76.2 cm³/mol. The number of anilines is 2. The summed E-state index contributed by atoms with van der Waals surface area (Å²) in [6.45, 7) is 0.440. The van der Waals surface area contributed by atoms with Gasteiger partial charge in [-0.15, -0.1) is 0 Å². The van der Waals surface area contributed by atoms with Gasteiger partial charge in [0.2, 0.25) is 0 Å². The standard InChI is InChI=1S/C13H13BN5/c15-10-11-4-3-6-13(17-11)19-9-8-18(14-19)12-5-1-2-7-16-12/h1-9H,10,15H2. The molecule has 0 saturated heterocycles. The molecule has 2 N–H and O–H groups in total. The van der Waals surface area contributed by atoms with Gasteiger partial charge in [-0.2, -0.15) is 0 Å². The van der Waals surface area contributed by atoms with Crippen LogP contribution >= 0.6 is 0 Å². The van der Waals surface area contributed by atoms with Crippen molar-refractivity contribution in [3.05, 3.63) is 60.7 Å². The molecule has 0 unspecified atom stereocenters. The summed E-state index contributed by atoms with van der Waals surface area (Å²) in [5, 5.41) is 0. The van der Waals surface area contributed by atoms with Gasteiger partial charge in [0.15, 0.2) is 0 Å². The molecule has 1 aliphatic rings. The lowest BCUT2D eigenvalue weighted by Crippen LogP contribution is -2.30. The topological polar surface area (TPSA) is 58.3 Å². The van der Waals surface area contributed by atoms with Crippen LogP contribution in [-0.4, -0.2) is 17.5 Å². The van der Waals surface area contributed by atoms with Crippen LogP contribution in [0.4, 0.5) is 11.6 Å². The number of pyridine rings is 2. The first kappa shape index (κ1) is 11.7. The first-order valence-electron chi connectivity index (χ1n) is 6.04. The van der Waals surface area contributed by atoms with Crippen molar-refractivity contribution in [2.45, 2.75) is 6.54 Å². The SMILES string of the molecule is NCc1cccc(N2[B]N(c3ccccn3)C=C2)n1. The Hall–Kier alpha value is -2.34. The maximum absolute atomic E-state index is 5.61. The molecule has 19 heavy (non-hydrogen) atoms. The lowest BCUT2D eigenvalue weighted by atomic mass is 10.1. The zero-order valence-corrected chi connectivity index (χ0v) is 10.3. The zero-order chi connectivity index (χ0) is 13.1. The van der Waals surface area contributed by atoms with Gasteiger partial charge in [0.05, 0.1) is 5.69 Å². The van der Waals surface area contributed by atoms with Crippen molar-refractivity contribution in [1.29, 1.82) is 0 Å². The average Bonchev–Trinajstić information content (AvgIpc) is 2.98. The summed E-state index contributed by atoms with van der Waals surface area (Å²) >= 11 is 0. The predicted octanol–water partition coefficient (Wildman–Crippen LogP) is 1.27. The number of hydrogen-bond donors (Lipinski definition) is 1. The molecular weight excluding hydrogens is 237 g/mol. The van der Waals surface area contributed by atoms with Crippen LogP contribution in [0.5, 0.6) is 0 Å². The van der Waals surface area contributed by atoms with Crippen molar-refractivity contribution >= 4 is 19.2 Å². The molecule has 3 rings (SSSR count). The summed E-state index contributed by atoms with van der Waals surface area (Å²) in [5.41, 5.74) is 6.48. The molecule has 1 aliphatic heterocycles. The van der Waals surface area contributed by atoms with Gasteiger partial charge in [-0.3, -0.25) is 0 Å². The number of rotatable bonds is 3. The zero-order valence-electron chi connectivity index (χ0n) is 10.3. The minimum absolute atomic E-state index is 0.440. The third-order valence-corrected chi connectivity index (χ3v) is 2.82. The van der Waals surface area contributed by atoms with Crippen molar-refractivity contribution < 1.29 is 0 Å². The molecule has 0 saturated carbocycles. The Bertz CT molecular complexity index is 587. The van der Waals surface area contributed by atoms with E-state index in [1.807, 2.05) is 66.0 Å². The van der Waals surface area contributed by atoms with E-state index in [2.05, 4.69) is 9.97 Å². The first-order chi connectivity index (χ1) is 9.36. The maximum atomic E-state index is 5.61. The highest BCUT2D eigenvalue weighted by Crippen LogP contribution is 2.19. The van der Waals surface area contributed by atoms with Crippen molar-refractivity contribution in [3.8, 4) is 0 Å². The quantitative estimate of drug-likeness (QED) is 0.831. The van der Waals surface area contributed by atoms with Crippen LogP contribution in [0.1, 0.15) is 5.69 Å². The smallest absolute Gasteiger partial charge is 0.358 e. The molecule has 3 heterocycles. The molecule has 0 fully saturated rings. The molecular formula is C13H13BN5. The molecule has 0 aliphatic carbocycles. The Balaban J connectivity index is 1.78. The van der Waals surface area contributed by atoms with E-state index < -0.39 is 0 Å². The molecule has 0 amide bonds. The van der Waals surface area contributed by atoms with Gasteiger partial charge in [0.25, 0.3) is 0 Å². The Morgan fingerprint density at radius 2 is 1.79 bits per heavy atom. The molecule has 0 aromatic carbocycles. The lowest BCUT2D eigenvalue weighted by Gasteiger charge is -2.18. The monoisotopic (exact) mass is 250 g/mol. The molecule has 93 valence electrons. The Labute approximate surface area is 112 Å². The van der Waals surface area contributed by atoms with Crippen LogP contribution in [0, 0.1) is 0 Å². The first-order valence-corrected chi connectivity index (χ1v) is 6.04. The fourth-order valence-electron chi connectivity index (χ4n) is 1.86. The van der Waals surface area contributed by atoms with Crippen LogP contribution in [0.25, 0.3) is 0 Å². The fourth-order valence-corrected chi connectivity index (χ4v) is 1.86. The molecule has 2 aromatic rings. The van der Waals surface area contributed by atoms with E-state index >= 15 is 0 Å². The van der Waals surface area contributed by atoms with E-state index in [-0.39, 0.29) is 0 Å². The third-order valence-electron chi connectivity index (χ3n) is 2.82. The summed E-state index contributed by atoms with van der Waals surface area (Å²) in [4.78, 5) is 12.7. The second-order valence-electron chi connectivity index (χ2n) is 4.11. The minimum Gasteiger partial charge on any atom is -0.358 e. The highest BCUT2D eigenvalue weighted by atomic mass is 15.3. The molecule has 0 atom stereocenters. The highest BCUT2D eigenvalue weighted by Gasteiger charge is 2.20. The maximum Gasteiger partial charge on any atom is 0.402 e. The van der Waals surface area contributed by atoms with Crippen molar-refractivity contribution in [3.63, 3.8) is 0 Å². The van der Waals surface area contributed by atoms with Crippen LogP contribution in [0.3, 0.4) is 0 Å². The Morgan fingerprint density at radius 1 is 1.00 bits per heavy atom. The second kappa shape index (κ2) is 5.11. The summed E-state index contributed by atoms with van der Waals surface area (Å²) in [6, 6.07) is 11.6. The Kier molecular flexibility index (Phi) is 3.16. The van der Waals surface area contributed by atoms with Crippen molar-refractivity contribution in [2.24, 2.45) is 5.73 Å². The van der Waals surface area contributed by atoms with E-state index in [0.717, 1.165) is 17.3 Å². The van der Waals surface area contributed by atoms with Crippen LogP contribution in [-0.2, 0) is 6.54 Å². The van der Waals surface area contributed by atoms with E-state index in [9.17, 15) is 0 Å². The molecule has 2 aromatic heterocycles. The van der Waals surface area contributed by atoms with Crippen LogP contribution in [0.2, 0.25) is 0 Å². The molecule has 1 radical (unpaired) electrons. The van der Waals surface area contributed by atoms with Crippen LogP contribution < -0.4 is 15.4 Å². The van der Waals surface area contributed by atoms with Crippen molar-refractivity contribution in [1.82, 2.24) is 9.97 Å². The lowest BCUT2D eigenvalue weighted by molar-refractivity contribution is 0.987. The molecule has 6 heteroatoms. The summed E-state index contributed by atoms with van der Waals surface area (Å²) < 4.78 is 0. The molecule has 0 bridgehead atoms. The van der Waals surface area contributed by atoms with Gasteiger partial charge in [-0.1, -0.05) is 12.1 Å². The van der Waals surface area contributed by atoms with Crippen molar-refractivity contribution in [2.75, 3.05) is 9.62 Å². The number of nitrogens with two attached hydrogens (primary N) is 1. The minimum atomic E-state index is 0.440. The normalized spacial score (nSPS) is 13.7. The van der Waals surface area contributed by atoms with Gasteiger partial charge in [-0.05, 0) is 24.3 Å². The number of hydrogen-bond acceptors (Lipinski definition) is 5. The van der Waals surface area contributed by atoms with Gasteiger partial charge in [-0.25, -0.2) is 9.97 Å². The summed E-state index contributed by atoms with van der Waals surface area (Å²) in [7, 11) is 1.94. The highest BCUT2D eigenvalue weighted by molar-refractivity contribution is 6.49. The van der Waals surface area contributed by atoms with Gasteiger partial charge in [0, 0.05) is 25.1 Å². The Morgan fingerprint density at radius 3 is 2.53 bits per heavy atom. The number of nitrogens with zero attached hydrogens (tertiary/aromatic N) is 4. The number of aromatic nitrogens is 2. The van der Waals surface area contributed by atoms with Gasteiger partial charge >= 0.3 is 7.55 Å². The van der Waals surface area contributed by atoms with E-state index in [1.54, 1.807) is 6.20 Å². The van der Waals surface area contributed by atoms with Gasteiger partial charge in [0.1, 0.15) is 11.6 Å². The second-order valence-corrected chi connectivity index (χ2v) is 4.11.